The number of aryl methyl sites for hydroxylation is 1. The highest BCUT2D eigenvalue weighted by atomic mass is 16.5. The van der Waals surface area contributed by atoms with E-state index >= 15 is 0 Å². The summed E-state index contributed by atoms with van der Waals surface area (Å²) in [4.78, 5) is 25.5. The van der Waals surface area contributed by atoms with Crippen LogP contribution in [-0.4, -0.2) is 57.3 Å². The van der Waals surface area contributed by atoms with Crippen LogP contribution in [0.15, 0.2) is 56.3 Å². The fourth-order valence-corrected chi connectivity index (χ4v) is 3.43. The molecule has 0 N–H and O–H groups in total. The predicted molar refractivity (Wildman–Crippen MR) is 109 cm³/mol. The monoisotopic (exact) mass is 420 g/mol. The van der Waals surface area contributed by atoms with E-state index in [1.54, 1.807) is 35.6 Å². The number of hydrogen-bond donors (Lipinski definition) is 0. The van der Waals surface area contributed by atoms with Gasteiger partial charge in [0.05, 0.1) is 6.26 Å². The predicted octanol–water partition coefficient (Wildman–Crippen LogP) is 2.90. The van der Waals surface area contributed by atoms with E-state index in [4.69, 9.17) is 13.5 Å². The van der Waals surface area contributed by atoms with Crippen molar-refractivity contribution in [3.63, 3.8) is 0 Å². The largest absolute Gasteiger partial charge is 0.461 e. The Morgan fingerprint density at radius 1 is 1.06 bits per heavy atom. The highest BCUT2D eigenvalue weighted by Crippen LogP contribution is 2.23. The summed E-state index contributed by atoms with van der Waals surface area (Å²) < 4.78 is 15.7. The van der Waals surface area contributed by atoms with Crippen LogP contribution in [0.4, 0.5) is 5.82 Å². The van der Waals surface area contributed by atoms with Crippen molar-refractivity contribution in [2.45, 2.75) is 13.3 Å². The fraction of sp³-hybridized carbons (Fsp3) is 0.286. The van der Waals surface area contributed by atoms with Gasteiger partial charge in [-0.1, -0.05) is 17.2 Å². The quantitative estimate of drug-likeness (QED) is 0.480. The molecule has 0 unspecified atom stereocenters. The minimum Gasteiger partial charge on any atom is -0.461 e. The van der Waals surface area contributed by atoms with E-state index in [0.717, 1.165) is 11.4 Å². The molecule has 0 radical (unpaired) electrons. The van der Waals surface area contributed by atoms with E-state index in [1.165, 1.54) is 0 Å². The molecule has 0 bridgehead atoms. The van der Waals surface area contributed by atoms with Gasteiger partial charge in [0.2, 0.25) is 17.5 Å². The van der Waals surface area contributed by atoms with E-state index in [9.17, 15) is 4.79 Å². The van der Waals surface area contributed by atoms with Crippen molar-refractivity contribution in [3.8, 4) is 22.9 Å². The number of amides is 1. The third-order valence-electron chi connectivity index (χ3n) is 5.16. The van der Waals surface area contributed by atoms with Crippen LogP contribution in [0.5, 0.6) is 0 Å². The summed E-state index contributed by atoms with van der Waals surface area (Å²) in [5, 5.41) is 7.87. The first-order chi connectivity index (χ1) is 15.2. The highest BCUT2D eigenvalue weighted by molar-refractivity contribution is 5.93. The van der Waals surface area contributed by atoms with Gasteiger partial charge >= 0.3 is 0 Å². The smallest absolute Gasteiger partial charge is 0.276 e. The summed E-state index contributed by atoms with van der Waals surface area (Å²) in [5.41, 5.74) is 1.08. The van der Waals surface area contributed by atoms with E-state index in [2.05, 4.69) is 25.2 Å². The molecule has 1 amide bonds. The van der Waals surface area contributed by atoms with Gasteiger partial charge in [-0.15, -0.1) is 0 Å². The first kappa shape index (κ1) is 19.0. The second-order valence-electron chi connectivity index (χ2n) is 7.10. The van der Waals surface area contributed by atoms with Crippen LogP contribution in [0.25, 0.3) is 22.9 Å². The molecule has 10 heteroatoms. The van der Waals surface area contributed by atoms with Crippen LogP contribution in [0, 0.1) is 0 Å². The molecule has 5 heterocycles. The Bertz CT molecular complexity index is 1160. The molecule has 5 rings (SSSR count). The minimum atomic E-state index is -0.159. The molecule has 31 heavy (non-hydrogen) atoms. The van der Waals surface area contributed by atoms with Gasteiger partial charge < -0.3 is 23.3 Å². The standard InChI is InChI=1S/C21H20N6O4/c1-2-19-23-20(25-31-19)14-5-6-18(22-13-14)26-7-9-27(10-8-26)21(28)15-12-17(30-24-15)16-4-3-11-29-16/h3-6,11-13H,2,7-10H2,1H3. The summed E-state index contributed by atoms with van der Waals surface area (Å²) in [5.74, 6) is 2.79. The number of carbonyl (C=O) groups excluding carboxylic acids is 1. The maximum absolute atomic E-state index is 12.8. The highest BCUT2D eigenvalue weighted by Gasteiger charge is 2.25. The van der Waals surface area contributed by atoms with E-state index in [0.29, 0.717) is 55.8 Å². The molecular weight excluding hydrogens is 400 g/mol. The first-order valence-electron chi connectivity index (χ1n) is 10.0. The molecule has 1 aliphatic rings. The van der Waals surface area contributed by atoms with Gasteiger partial charge in [-0.05, 0) is 24.3 Å². The molecule has 4 aromatic rings. The summed E-state index contributed by atoms with van der Waals surface area (Å²) in [6, 6.07) is 8.98. The van der Waals surface area contributed by atoms with Crippen LogP contribution in [0.2, 0.25) is 0 Å². The number of aromatic nitrogens is 4. The second-order valence-corrected chi connectivity index (χ2v) is 7.10. The lowest BCUT2D eigenvalue weighted by molar-refractivity contribution is 0.0736. The molecule has 0 atom stereocenters. The average Bonchev–Trinajstić information content (AvgIpc) is 3.60. The Morgan fingerprint density at radius 2 is 1.94 bits per heavy atom. The van der Waals surface area contributed by atoms with Crippen molar-refractivity contribution in [3.05, 3.63) is 54.4 Å². The Labute approximate surface area is 177 Å². The number of anilines is 1. The zero-order chi connectivity index (χ0) is 21.2. The van der Waals surface area contributed by atoms with Gasteiger partial charge in [-0.3, -0.25) is 4.79 Å². The molecule has 0 saturated carbocycles. The summed E-state index contributed by atoms with van der Waals surface area (Å²) >= 11 is 0. The minimum absolute atomic E-state index is 0.159. The maximum Gasteiger partial charge on any atom is 0.276 e. The van der Waals surface area contributed by atoms with Gasteiger partial charge in [0.25, 0.3) is 5.91 Å². The molecule has 158 valence electrons. The number of nitrogens with zero attached hydrogens (tertiary/aromatic N) is 6. The molecule has 0 spiro atoms. The molecule has 1 fully saturated rings. The zero-order valence-corrected chi connectivity index (χ0v) is 16.9. The molecule has 0 aromatic carbocycles. The van der Waals surface area contributed by atoms with Crippen molar-refractivity contribution >= 4 is 11.7 Å². The van der Waals surface area contributed by atoms with Gasteiger partial charge in [0, 0.05) is 50.4 Å². The van der Waals surface area contributed by atoms with Crippen LogP contribution < -0.4 is 4.90 Å². The third-order valence-corrected chi connectivity index (χ3v) is 5.16. The van der Waals surface area contributed by atoms with Crippen molar-refractivity contribution in [1.82, 2.24) is 25.2 Å². The third kappa shape index (κ3) is 3.79. The van der Waals surface area contributed by atoms with Crippen molar-refractivity contribution < 1.29 is 18.3 Å². The summed E-state index contributed by atoms with van der Waals surface area (Å²) in [6.45, 7) is 4.43. The second kappa shape index (κ2) is 8.05. The van der Waals surface area contributed by atoms with Gasteiger partial charge in [-0.2, -0.15) is 4.98 Å². The molecular formula is C21H20N6O4. The van der Waals surface area contributed by atoms with Crippen LogP contribution >= 0.6 is 0 Å². The van der Waals surface area contributed by atoms with Crippen molar-refractivity contribution in [2.75, 3.05) is 31.1 Å². The number of pyridine rings is 1. The van der Waals surface area contributed by atoms with Crippen molar-refractivity contribution in [1.29, 1.82) is 0 Å². The molecule has 1 saturated heterocycles. The molecule has 4 aromatic heterocycles. The van der Waals surface area contributed by atoms with Crippen LogP contribution in [0.1, 0.15) is 23.3 Å². The normalized spacial score (nSPS) is 14.2. The lowest BCUT2D eigenvalue weighted by Crippen LogP contribution is -2.49. The van der Waals surface area contributed by atoms with E-state index in [-0.39, 0.29) is 11.6 Å². The van der Waals surface area contributed by atoms with E-state index in [1.807, 2.05) is 19.1 Å². The Balaban J connectivity index is 1.20. The summed E-state index contributed by atoms with van der Waals surface area (Å²) in [6.07, 6.45) is 3.98. The number of piperazine rings is 1. The Hall–Kier alpha value is -3.95. The van der Waals surface area contributed by atoms with E-state index < -0.39 is 0 Å². The molecule has 0 aliphatic carbocycles. The zero-order valence-electron chi connectivity index (χ0n) is 16.9. The lowest BCUT2D eigenvalue weighted by atomic mass is 10.2. The maximum atomic E-state index is 12.8. The van der Waals surface area contributed by atoms with Crippen LogP contribution in [-0.2, 0) is 6.42 Å². The van der Waals surface area contributed by atoms with Crippen LogP contribution in [0.3, 0.4) is 0 Å². The first-order valence-corrected chi connectivity index (χ1v) is 10.0. The summed E-state index contributed by atoms with van der Waals surface area (Å²) in [7, 11) is 0. The van der Waals surface area contributed by atoms with Gasteiger partial charge in [-0.25, -0.2) is 4.98 Å². The van der Waals surface area contributed by atoms with Gasteiger partial charge in [0.1, 0.15) is 5.82 Å². The Kier molecular flexibility index (Phi) is 4.95. The molecule has 10 nitrogen and oxygen atoms in total. The number of furan rings is 1. The lowest BCUT2D eigenvalue weighted by Gasteiger charge is -2.35. The molecule has 1 aliphatic heterocycles. The fourth-order valence-electron chi connectivity index (χ4n) is 3.43. The van der Waals surface area contributed by atoms with Crippen molar-refractivity contribution in [2.24, 2.45) is 0 Å². The number of rotatable bonds is 5. The average molecular weight is 420 g/mol. The number of carbonyl (C=O) groups is 1. The SMILES string of the molecule is CCc1nc(-c2ccc(N3CCN(C(=O)c4cc(-c5ccco5)on4)CC3)nc2)no1. The Morgan fingerprint density at radius 3 is 2.61 bits per heavy atom. The van der Waals surface area contributed by atoms with Gasteiger partial charge in [0.15, 0.2) is 11.5 Å². The number of hydrogen-bond acceptors (Lipinski definition) is 9. The topological polar surface area (TPSA) is 115 Å².